The molecule has 1 aromatic heterocycles. The van der Waals surface area contributed by atoms with Crippen molar-refractivity contribution < 1.29 is 13.2 Å². The van der Waals surface area contributed by atoms with Gasteiger partial charge in [0, 0.05) is 22.2 Å². The molecule has 0 unspecified atom stereocenters. The molecule has 0 saturated carbocycles. The number of thiazole rings is 1. The van der Waals surface area contributed by atoms with Gasteiger partial charge in [-0.1, -0.05) is 24.3 Å². The van der Waals surface area contributed by atoms with Crippen molar-refractivity contribution in [2.75, 3.05) is 4.72 Å². The van der Waals surface area contributed by atoms with Crippen LogP contribution in [0.4, 0.5) is 5.69 Å². The third kappa shape index (κ3) is 3.94. The smallest absolute Gasteiger partial charge is 0.261 e. The third-order valence-corrected chi connectivity index (χ3v) is 5.73. The van der Waals surface area contributed by atoms with Crippen LogP contribution in [0.1, 0.15) is 22.3 Å². The van der Waals surface area contributed by atoms with Gasteiger partial charge in [-0.25, -0.2) is 13.4 Å². The zero-order valence-electron chi connectivity index (χ0n) is 13.7. The SMILES string of the molecule is CC(=O)c1cccc(S(=O)(=O)Nc2cccc(-c3csc(C)n3)c2)c1. The third-order valence-electron chi connectivity index (χ3n) is 3.58. The van der Waals surface area contributed by atoms with E-state index in [0.717, 1.165) is 16.3 Å². The van der Waals surface area contributed by atoms with E-state index in [-0.39, 0.29) is 10.7 Å². The summed E-state index contributed by atoms with van der Waals surface area (Å²) in [4.78, 5) is 15.9. The first kappa shape index (κ1) is 17.3. The molecule has 2 aromatic carbocycles. The van der Waals surface area contributed by atoms with E-state index in [4.69, 9.17) is 0 Å². The lowest BCUT2D eigenvalue weighted by Gasteiger charge is -2.10. The highest BCUT2D eigenvalue weighted by atomic mass is 32.2. The molecular weight excluding hydrogens is 356 g/mol. The first-order valence-electron chi connectivity index (χ1n) is 7.51. The predicted molar refractivity (Wildman–Crippen MR) is 99.5 cm³/mol. The molecule has 0 radical (unpaired) electrons. The van der Waals surface area contributed by atoms with Crippen LogP contribution >= 0.6 is 11.3 Å². The lowest BCUT2D eigenvalue weighted by atomic mass is 10.1. The Morgan fingerprint density at radius 2 is 1.88 bits per heavy atom. The van der Waals surface area contributed by atoms with Crippen LogP contribution in [-0.2, 0) is 10.0 Å². The molecule has 0 atom stereocenters. The fourth-order valence-corrected chi connectivity index (χ4v) is 4.05. The van der Waals surface area contributed by atoms with Crippen molar-refractivity contribution in [2.45, 2.75) is 18.7 Å². The van der Waals surface area contributed by atoms with Gasteiger partial charge in [-0.2, -0.15) is 0 Å². The number of Topliss-reactive ketones (excluding diaryl/α,β-unsaturated/α-hetero) is 1. The van der Waals surface area contributed by atoms with Gasteiger partial charge in [0.15, 0.2) is 5.78 Å². The number of nitrogens with zero attached hydrogens (tertiary/aromatic N) is 1. The van der Waals surface area contributed by atoms with E-state index in [2.05, 4.69) is 9.71 Å². The second-order valence-electron chi connectivity index (χ2n) is 5.52. The number of ketones is 1. The summed E-state index contributed by atoms with van der Waals surface area (Å²) in [6.45, 7) is 3.32. The first-order valence-corrected chi connectivity index (χ1v) is 9.88. The Labute approximate surface area is 150 Å². The Kier molecular flexibility index (Phi) is 4.69. The summed E-state index contributed by atoms with van der Waals surface area (Å²) < 4.78 is 27.7. The molecule has 0 bridgehead atoms. The van der Waals surface area contributed by atoms with Crippen molar-refractivity contribution in [2.24, 2.45) is 0 Å². The molecule has 0 spiro atoms. The van der Waals surface area contributed by atoms with Crippen LogP contribution in [-0.4, -0.2) is 19.2 Å². The number of aryl methyl sites for hydroxylation is 1. The molecule has 0 fully saturated rings. The zero-order valence-corrected chi connectivity index (χ0v) is 15.3. The molecule has 0 aliphatic heterocycles. The quantitative estimate of drug-likeness (QED) is 0.684. The Bertz CT molecular complexity index is 1040. The van der Waals surface area contributed by atoms with Crippen LogP contribution in [0.25, 0.3) is 11.3 Å². The Balaban J connectivity index is 1.91. The van der Waals surface area contributed by atoms with Crippen LogP contribution in [0.3, 0.4) is 0 Å². The number of anilines is 1. The average Bonchev–Trinajstić information content (AvgIpc) is 3.01. The summed E-state index contributed by atoms with van der Waals surface area (Å²) >= 11 is 1.54. The van der Waals surface area contributed by atoms with Gasteiger partial charge in [0.25, 0.3) is 10.0 Å². The van der Waals surface area contributed by atoms with Crippen molar-refractivity contribution in [3.63, 3.8) is 0 Å². The molecule has 5 nitrogen and oxygen atoms in total. The number of hydrogen-bond donors (Lipinski definition) is 1. The zero-order chi connectivity index (χ0) is 18.0. The lowest BCUT2D eigenvalue weighted by Crippen LogP contribution is -2.13. The molecule has 1 N–H and O–H groups in total. The highest BCUT2D eigenvalue weighted by molar-refractivity contribution is 7.92. The van der Waals surface area contributed by atoms with Crippen LogP contribution < -0.4 is 4.72 Å². The topological polar surface area (TPSA) is 76.1 Å². The van der Waals surface area contributed by atoms with E-state index in [9.17, 15) is 13.2 Å². The van der Waals surface area contributed by atoms with E-state index in [1.807, 2.05) is 18.4 Å². The molecule has 0 saturated heterocycles. The van der Waals surface area contributed by atoms with Crippen LogP contribution in [0.15, 0.2) is 58.8 Å². The maximum Gasteiger partial charge on any atom is 0.261 e. The predicted octanol–water partition coefficient (Wildman–Crippen LogP) is 4.12. The minimum absolute atomic E-state index is 0.0510. The van der Waals surface area contributed by atoms with Crippen LogP contribution in [0, 0.1) is 6.92 Å². The number of aromatic nitrogens is 1. The van der Waals surface area contributed by atoms with E-state index in [0.29, 0.717) is 11.3 Å². The highest BCUT2D eigenvalue weighted by Crippen LogP contribution is 2.25. The Morgan fingerprint density at radius 1 is 1.12 bits per heavy atom. The number of carbonyl (C=O) groups excluding carboxylic acids is 1. The summed E-state index contributed by atoms with van der Waals surface area (Å²) in [6.07, 6.45) is 0. The van der Waals surface area contributed by atoms with Gasteiger partial charge >= 0.3 is 0 Å². The van der Waals surface area contributed by atoms with Gasteiger partial charge in [-0.05, 0) is 38.1 Å². The maximum atomic E-state index is 12.6. The van der Waals surface area contributed by atoms with Gasteiger partial charge < -0.3 is 0 Å². The number of sulfonamides is 1. The van der Waals surface area contributed by atoms with Crippen molar-refractivity contribution >= 4 is 32.8 Å². The molecule has 128 valence electrons. The van der Waals surface area contributed by atoms with E-state index in [1.165, 1.54) is 30.4 Å². The van der Waals surface area contributed by atoms with Crippen molar-refractivity contribution in [1.82, 2.24) is 4.98 Å². The fraction of sp³-hybridized carbons (Fsp3) is 0.111. The van der Waals surface area contributed by atoms with Gasteiger partial charge in [0.05, 0.1) is 15.6 Å². The summed E-state index contributed by atoms with van der Waals surface area (Å²) in [7, 11) is -3.78. The second kappa shape index (κ2) is 6.78. The Hall–Kier alpha value is -2.51. The van der Waals surface area contributed by atoms with Crippen LogP contribution in [0.2, 0.25) is 0 Å². The number of hydrogen-bond acceptors (Lipinski definition) is 5. The highest BCUT2D eigenvalue weighted by Gasteiger charge is 2.16. The van der Waals surface area contributed by atoms with Crippen molar-refractivity contribution in [3.8, 4) is 11.3 Å². The number of benzene rings is 2. The molecule has 7 heteroatoms. The minimum Gasteiger partial charge on any atom is -0.295 e. The van der Waals surface area contributed by atoms with E-state index in [1.54, 1.807) is 30.3 Å². The van der Waals surface area contributed by atoms with Gasteiger partial charge in [0.2, 0.25) is 0 Å². The molecule has 3 rings (SSSR count). The maximum absolute atomic E-state index is 12.6. The lowest BCUT2D eigenvalue weighted by molar-refractivity contribution is 0.101. The van der Waals surface area contributed by atoms with E-state index < -0.39 is 10.0 Å². The molecule has 3 aromatic rings. The fourth-order valence-electron chi connectivity index (χ4n) is 2.33. The molecule has 25 heavy (non-hydrogen) atoms. The molecule has 0 aliphatic rings. The van der Waals surface area contributed by atoms with Crippen molar-refractivity contribution in [3.05, 3.63) is 64.5 Å². The first-order chi connectivity index (χ1) is 11.8. The summed E-state index contributed by atoms with van der Waals surface area (Å²) in [5, 5.41) is 2.88. The number of carbonyl (C=O) groups is 1. The normalized spacial score (nSPS) is 11.3. The minimum atomic E-state index is -3.78. The van der Waals surface area contributed by atoms with Gasteiger partial charge in [-0.15, -0.1) is 11.3 Å². The summed E-state index contributed by atoms with van der Waals surface area (Å²) in [5.74, 6) is -0.182. The van der Waals surface area contributed by atoms with Crippen LogP contribution in [0.5, 0.6) is 0 Å². The largest absolute Gasteiger partial charge is 0.295 e. The monoisotopic (exact) mass is 372 g/mol. The van der Waals surface area contributed by atoms with E-state index >= 15 is 0 Å². The summed E-state index contributed by atoms with van der Waals surface area (Å²) in [5.41, 5.74) is 2.44. The number of rotatable bonds is 5. The molecule has 0 aliphatic carbocycles. The summed E-state index contributed by atoms with van der Waals surface area (Å²) in [6, 6.07) is 13.0. The number of nitrogens with one attached hydrogen (secondary N) is 1. The molecule has 1 heterocycles. The standard InChI is InChI=1S/C18H16N2O3S2/c1-12(21)14-5-4-8-17(10-14)25(22,23)20-16-7-3-6-15(9-16)18-11-24-13(2)19-18/h3-11,20H,1-2H3. The van der Waals surface area contributed by atoms with Crippen molar-refractivity contribution in [1.29, 1.82) is 0 Å². The molecular formula is C18H16N2O3S2. The van der Waals surface area contributed by atoms with Gasteiger partial charge in [0.1, 0.15) is 0 Å². The molecule has 0 amide bonds. The van der Waals surface area contributed by atoms with Gasteiger partial charge in [-0.3, -0.25) is 9.52 Å². The Morgan fingerprint density at radius 3 is 2.56 bits per heavy atom. The average molecular weight is 372 g/mol. The second-order valence-corrected chi connectivity index (χ2v) is 8.27.